The van der Waals surface area contributed by atoms with Gasteiger partial charge in [-0.3, -0.25) is 0 Å². The van der Waals surface area contributed by atoms with E-state index in [9.17, 15) is 4.39 Å². The second kappa shape index (κ2) is 7.44. The number of unbranched alkanes of at least 4 members (excludes halogenated alkanes) is 2. The van der Waals surface area contributed by atoms with E-state index in [1.165, 1.54) is 24.8 Å². The van der Waals surface area contributed by atoms with E-state index < -0.39 is 0 Å². The third-order valence-electron chi connectivity index (χ3n) is 3.19. The summed E-state index contributed by atoms with van der Waals surface area (Å²) in [7, 11) is 0. The number of hydrogen-bond acceptors (Lipinski definition) is 1. The predicted octanol–water partition coefficient (Wildman–Crippen LogP) is 3.76. The van der Waals surface area contributed by atoms with Crippen LogP contribution in [0.15, 0.2) is 12.1 Å². The molecule has 0 saturated carbocycles. The lowest BCUT2D eigenvalue weighted by Gasteiger charge is -2.10. The van der Waals surface area contributed by atoms with Crippen molar-refractivity contribution in [3.8, 4) is 0 Å². The Morgan fingerprint density at radius 3 is 2.29 bits per heavy atom. The van der Waals surface area contributed by atoms with Gasteiger partial charge in [0.15, 0.2) is 0 Å². The Bertz CT molecular complexity index is 324. The fourth-order valence-corrected chi connectivity index (χ4v) is 2.24. The van der Waals surface area contributed by atoms with Crippen LogP contribution in [-0.2, 0) is 6.42 Å². The van der Waals surface area contributed by atoms with Crippen LogP contribution in [0.4, 0.5) is 4.39 Å². The smallest absolute Gasteiger partial charge is 0.123 e. The van der Waals surface area contributed by atoms with Crippen molar-refractivity contribution >= 4 is 0 Å². The number of nitrogens with one attached hydrogen (secondary N) is 1. The second-order valence-corrected chi connectivity index (χ2v) is 4.68. The Labute approximate surface area is 104 Å². The highest BCUT2D eigenvalue weighted by atomic mass is 19.1. The Hall–Kier alpha value is -0.890. The van der Waals surface area contributed by atoms with E-state index in [2.05, 4.69) is 12.2 Å². The van der Waals surface area contributed by atoms with Crippen molar-refractivity contribution in [1.29, 1.82) is 0 Å². The minimum Gasteiger partial charge on any atom is -0.317 e. The summed E-state index contributed by atoms with van der Waals surface area (Å²) in [5.74, 6) is -0.115. The van der Waals surface area contributed by atoms with Crippen LogP contribution in [0.1, 0.15) is 42.9 Å². The van der Waals surface area contributed by atoms with Gasteiger partial charge in [-0.1, -0.05) is 13.3 Å². The number of hydrogen-bond donors (Lipinski definition) is 1. The topological polar surface area (TPSA) is 12.0 Å². The van der Waals surface area contributed by atoms with Crippen LogP contribution >= 0.6 is 0 Å². The summed E-state index contributed by atoms with van der Waals surface area (Å²) < 4.78 is 13.1. The lowest BCUT2D eigenvalue weighted by Crippen LogP contribution is -2.13. The van der Waals surface area contributed by atoms with Gasteiger partial charge in [-0.2, -0.15) is 0 Å². The molecule has 0 radical (unpaired) electrons. The highest BCUT2D eigenvalue weighted by Crippen LogP contribution is 2.18. The maximum Gasteiger partial charge on any atom is 0.123 e. The Morgan fingerprint density at radius 2 is 1.71 bits per heavy atom. The Morgan fingerprint density at radius 1 is 1.06 bits per heavy atom. The number of rotatable bonds is 7. The molecule has 0 aliphatic carbocycles. The fraction of sp³-hybridized carbons (Fsp3) is 0.600. The van der Waals surface area contributed by atoms with E-state index in [4.69, 9.17) is 0 Å². The van der Waals surface area contributed by atoms with Gasteiger partial charge in [0.2, 0.25) is 0 Å². The van der Waals surface area contributed by atoms with Crippen molar-refractivity contribution in [3.63, 3.8) is 0 Å². The molecule has 1 N–H and O–H groups in total. The van der Waals surface area contributed by atoms with Crippen LogP contribution in [-0.4, -0.2) is 13.1 Å². The van der Waals surface area contributed by atoms with Crippen molar-refractivity contribution in [3.05, 3.63) is 34.6 Å². The van der Waals surface area contributed by atoms with Gasteiger partial charge in [0, 0.05) is 0 Å². The lowest BCUT2D eigenvalue weighted by molar-refractivity contribution is 0.610. The molecule has 0 bridgehead atoms. The highest BCUT2D eigenvalue weighted by Gasteiger charge is 2.04. The van der Waals surface area contributed by atoms with Gasteiger partial charge < -0.3 is 5.32 Å². The molecular weight excluding hydrogens is 213 g/mol. The van der Waals surface area contributed by atoms with Crippen molar-refractivity contribution in [2.75, 3.05) is 13.1 Å². The zero-order valence-corrected chi connectivity index (χ0v) is 11.3. The molecule has 0 unspecified atom stereocenters. The van der Waals surface area contributed by atoms with Crippen LogP contribution < -0.4 is 5.32 Å². The summed E-state index contributed by atoms with van der Waals surface area (Å²) >= 11 is 0. The molecule has 2 heteroatoms. The SMILES string of the molecule is CCNCCCCCc1c(C)cc(F)cc1C. The monoisotopic (exact) mass is 237 g/mol. The molecule has 0 aromatic heterocycles. The third kappa shape index (κ3) is 4.86. The Kier molecular flexibility index (Phi) is 6.20. The van der Waals surface area contributed by atoms with Gasteiger partial charge in [0.25, 0.3) is 0 Å². The quantitative estimate of drug-likeness (QED) is 0.712. The molecule has 0 amide bonds. The molecule has 0 aliphatic rings. The first-order valence-corrected chi connectivity index (χ1v) is 6.61. The zero-order chi connectivity index (χ0) is 12.7. The average molecular weight is 237 g/mol. The molecule has 96 valence electrons. The van der Waals surface area contributed by atoms with E-state index in [1.807, 2.05) is 13.8 Å². The first kappa shape index (κ1) is 14.2. The molecule has 1 aromatic rings. The molecule has 1 rings (SSSR count). The van der Waals surface area contributed by atoms with E-state index in [0.717, 1.165) is 30.6 Å². The van der Waals surface area contributed by atoms with Crippen molar-refractivity contribution in [2.24, 2.45) is 0 Å². The second-order valence-electron chi connectivity index (χ2n) is 4.68. The van der Waals surface area contributed by atoms with Gasteiger partial charge in [0.05, 0.1) is 0 Å². The van der Waals surface area contributed by atoms with Crippen molar-refractivity contribution in [1.82, 2.24) is 5.32 Å². The van der Waals surface area contributed by atoms with Gasteiger partial charge in [-0.25, -0.2) is 4.39 Å². The molecule has 0 aliphatic heterocycles. The van der Waals surface area contributed by atoms with Crippen LogP contribution in [0.25, 0.3) is 0 Å². The third-order valence-corrected chi connectivity index (χ3v) is 3.19. The first-order chi connectivity index (χ1) is 8.15. The number of benzene rings is 1. The molecule has 0 atom stereocenters. The molecule has 0 spiro atoms. The van der Waals surface area contributed by atoms with Gasteiger partial charge in [0.1, 0.15) is 5.82 Å². The van der Waals surface area contributed by atoms with Crippen LogP contribution in [0, 0.1) is 19.7 Å². The zero-order valence-electron chi connectivity index (χ0n) is 11.3. The van der Waals surface area contributed by atoms with Gasteiger partial charge in [-0.15, -0.1) is 0 Å². The van der Waals surface area contributed by atoms with E-state index in [-0.39, 0.29) is 5.82 Å². The highest BCUT2D eigenvalue weighted by molar-refractivity contribution is 5.34. The van der Waals surface area contributed by atoms with E-state index >= 15 is 0 Å². The standard InChI is InChI=1S/C15H24FN/c1-4-17-9-7-5-6-8-15-12(2)10-14(16)11-13(15)3/h10-11,17H,4-9H2,1-3H3. The summed E-state index contributed by atoms with van der Waals surface area (Å²) in [6.45, 7) is 8.30. The maximum absolute atomic E-state index is 13.1. The molecule has 0 heterocycles. The fourth-order valence-electron chi connectivity index (χ4n) is 2.24. The van der Waals surface area contributed by atoms with Crippen LogP contribution in [0.3, 0.4) is 0 Å². The predicted molar refractivity (Wildman–Crippen MR) is 72.0 cm³/mol. The Balaban J connectivity index is 2.36. The molecule has 1 aromatic carbocycles. The molecule has 0 fully saturated rings. The molecule has 0 saturated heterocycles. The summed E-state index contributed by atoms with van der Waals surface area (Å²) in [5.41, 5.74) is 3.51. The summed E-state index contributed by atoms with van der Waals surface area (Å²) in [4.78, 5) is 0. The number of aryl methyl sites for hydroxylation is 2. The van der Waals surface area contributed by atoms with Gasteiger partial charge in [-0.05, 0) is 75.0 Å². The minimum atomic E-state index is -0.115. The van der Waals surface area contributed by atoms with E-state index in [1.54, 1.807) is 12.1 Å². The van der Waals surface area contributed by atoms with Gasteiger partial charge >= 0.3 is 0 Å². The first-order valence-electron chi connectivity index (χ1n) is 6.61. The minimum absolute atomic E-state index is 0.115. The van der Waals surface area contributed by atoms with E-state index in [0.29, 0.717) is 0 Å². The summed E-state index contributed by atoms with van der Waals surface area (Å²) in [6.07, 6.45) is 4.74. The largest absolute Gasteiger partial charge is 0.317 e. The van der Waals surface area contributed by atoms with Crippen LogP contribution in [0.5, 0.6) is 0 Å². The molecule has 1 nitrogen and oxygen atoms in total. The van der Waals surface area contributed by atoms with Crippen molar-refractivity contribution < 1.29 is 4.39 Å². The van der Waals surface area contributed by atoms with Crippen LogP contribution in [0.2, 0.25) is 0 Å². The molecular formula is C15H24FN. The molecule has 17 heavy (non-hydrogen) atoms. The van der Waals surface area contributed by atoms with Crippen molar-refractivity contribution in [2.45, 2.75) is 46.5 Å². The number of halogens is 1. The summed E-state index contributed by atoms with van der Waals surface area (Å²) in [6, 6.07) is 3.28. The summed E-state index contributed by atoms with van der Waals surface area (Å²) in [5, 5.41) is 3.33. The normalized spacial score (nSPS) is 10.8. The average Bonchev–Trinajstić information content (AvgIpc) is 2.26. The lowest BCUT2D eigenvalue weighted by atomic mass is 9.97. The maximum atomic E-state index is 13.1.